The lowest BCUT2D eigenvalue weighted by Gasteiger charge is -2.31. The Hall–Kier alpha value is -2.82. The topological polar surface area (TPSA) is 105 Å². The van der Waals surface area contributed by atoms with Crippen LogP contribution in [0, 0.1) is 11.7 Å². The number of para-hydroxylation sites is 1. The molecule has 0 aromatic heterocycles. The highest BCUT2D eigenvalue weighted by molar-refractivity contribution is 7.89. The molecule has 3 rings (SSSR count). The lowest BCUT2D eigenvalue weighted by Crippen LogP contribution is -2.43. The third kappa shape index (κ3) is 5.70. The quantitative estimate of drug-likeness (QED) is 0.585. The van der Waals surface area contributed by atoms with Crippen LogP contribution in [0.5, 0.6) is 0 Å². The second-order valence-corrected chi connectivity index (χ2v) is 9.38. The van der Waals surface area contributed by atoms with Gasteiger partial charge in [0, 0.05) is 26.7 Å². The van der Waals surface area contributed by atoms with Crippen LogP contribution < -0.4 is 10.6 Å². The average Bonchev–Trinajstić information content (AvgIpc) is 2.80. The Bertz CT molecular complexity index is 1060. The molecule has 32 heavy (non-hydrogen) atoms. The summed E-state index contributed by atoms with van der Waals surface area (Å²) in [6.07, 6.45) is 1.03. The van der Waals surface area contributed by atoms with E-state index in [1.165, 1.54) is 23.5 Å². The van der Waals surface area contributed by atoms with Crippen molar-refractivity contribution in [2.24, 2.45) is 5.92 Å². The number of benzene rings is 2. The molecule has 0 bridgehead atoms. The van der Waals surface area contributed by atoms with Crippen molar-refractivity contribution >= 4 is 27.5 Å². The largest absolute Gasteiger partial charge is 0.383 e. The summed E-state index contributed by atoms with van der Waals surface area (Å²) in [6.45, 7) is 0.979. The van der Waals surface area contributed by atoms with Gasteiger partial charge >= 0.3 is 0 Å². The first-order chi connectivity index (χ1) is 15.3. The van der Waals surface area contributed by atoms with E-state index in [-0.39, 0.29) is 29.8 Å². The fourth-order valence-corrected chi connectivity index (χ4v) is 5.04. The molecule has 8 nitrogen and oxygen atoms in total. The van der Waals surface area contributed by atoms with Gasteiger partial charge in [0.2, 0.25) is 15.9 Å². The molecule has 2 aromatic rings. The van der Waals surface area contributed by atoms with Crippen molar-refractivity contribution in [2.45, 2.75) is 17.7 Å². The van der Waals surface area contributed by atoms with E-state index in [0.717, 1.165) is 12.1 Å². The van der Waals surface area contributed by atoms with Gasteiger partial charge in [-0.15, -0.1) is 0 Å². The Morgan fingerprint density at radius 1 is 1.16 bits per heavy atom. The highest BCUT2D eigenvalue weighted by Gasteiger charge is 2.33. The highest BCUT2D eigenvalue weighted by Crippen LogP contribution is 2.25. The minimum Gasteiger partial charge on any atom is -0.383 e. The van der Waals surface area contributed by atoms with Crippen molar-refractivity contribution < 1.29 is 27.1 Å². The number of carbonyl (C=O) groups is 2. The lowest BCUT2D eigenvalue weighted by molar-refractivity contribution is -0.120. The normalized spacial score (nSPS) is 17.0. The van der Waals surface area contributed by atoms with E-state index in [1.54, 1.807) is 24.3 Å². The molecule has 2 amide bonds. The van der Waals surface area contributed by atoms with Gasteiger partial charge in [0.05, 0.1) is 28.7 Å². The number of nitrogens with zero attached hydrogens (tertiary/aromatic N) is 1. The third-order valence-electron chi connectivity index (χ3n) is 5.23. The van der Waals surface area contributed by atoms with Gasteiger partial charge in [-0.25, -0.2) is 12.8 Å². The van der Waals surface area contributed by atoms with Crippen LogP contribution in [0.3, 0.4) is 0 Å². The van der Waals surface area contributed by atoms with Crippen LogP contribution in [-0.4, -0.2) is 57.9 Å². The molecule has 1 unspecified atom stereocenters. The third-order valence-corrected chi connectivity index (χ3v) is 7.11. The summed E-state index contributed by atoms with van der Waals surface area (Å²) in [5.74, 6) is -1.81. The zero-order chi connectivity index (χ0) is 23.1. The number of carbonyl (C=O) groups excluding carboxylic acids is 2. The van der Waals surface area contributed by atoms with Crippen molar-refractivity contribution in [1.29, 1.82) is 0 Å². The van der Waals surface area contributed by atoms with Crippen LogP contribution in [0.25, 0.3) is 0 Å². The first-order valence-electron chi connectivity index (χ1n) is 10.3. The number of hydrogen-bond acceptors (Lipinski definition) is 5. The molecule has 1 heterocycles. The number of anilines is 1. The van der Waals surface area contributed by atoms with Crippen molar-refractivity contribution in [1.82, 2.24) is 9.62 Å². The molecule has 0 aliphatic carbocycles. The number of nitrogens with one attached hydrogen (secondary N) is 2. The van der Waals surface area contributed by atoms with E-state index in [4.69, 9.17) is 4.74 Å². The summed E-state index contributed by atoms with van der Waals surface area (Å²) in [5.41, 5.74) is 0.662. The van der Waals surface area contributed by atoms with Gasteiger partial charge in [0.25, 0.3) is 5.91 Å². The summed E-state index contributed by atoms with van der Waals surface area (Å²) >= 11 is 0. The summed E-state index contributed by atoms with van der Waals surface area (Å²) in [6, 6.07) is 11.2. The predicted molar refractivity (Wildman–Crippen MR) is 117 cm³/mol. The van der Waals surface area contributed by atoms with Crippen molar-refractivity contribution in [3.63, 3.8) is 0 Å². The van der Waals surface area contributed by atoms with Crippen LogP contribution in [-0.2, 0) is 19.6 Å². The first kappa shape index (κ1) is 23.8. The van der Waals surface area contributed by atoms with Gasteiger partial charge in [0.15, 0.2) is 0 Å². The number of rotatable bonds is 8. The summed E-state index contributed by atoms with van der Waals surface area (Å²) in [7, 11) is -2.31. The van der Waals surface area contributed by atoms with Crippen LogP contribution in [0.4, 0.5) is 10.1 Å². The molecule has 0 spiro atoms. The lowest BCUT2D eigenvalue weighted by atomic mass is 9.98. The van der Waals surface area contributed by atoms with Crippen LogP contribution in [0.1, 0.15) is 23.2 Å². The van der Waals surface area contributed by atoms with Gasteiger partial charge in [-0.05, 0) is 49.2 Å². The molecule has 1 aliphatic heterocycles. The summed E-state index contributed by atoms with van der Waals surface area (Å²) in [4.78, 5) is 25.3. The second-order valence-electron chi connectivity index (χ2n) is 7.44. The summed E-state index contributed by atoms with van der Waals surface area (Å²) in [5, 5.41) is 5.48. The van der Waals surface area contributed by atoms with Crippen molar-refractivity contribution in [2.75, 3.05) is 38.7 Å². The van der Waals surface area contributed by atoms with Gasteiger partial charge in [0.1, 0.15) is 5.82 Å². The number of piperidine rings is 1. The Morgan fingerprint density at radius 2 is 1.88 bits per heavy atom. The standard InChI is InChI=1S/C22H26FN3O5S/c1-31-14-12-24-22(28)19-6-2-3-7-20(19)25-21(27)16-5-4-13-26(15-16)32(29,30)18-10-8-17(23)9-11-18/h2-3,6-11,16H,4-5,12-15H2,1H3,(H,24,28)(H,25,27). The van der Waals surface area contributed by atoms with E-state index < -0.39 is 21.8 Å². The number of hydrogen-bond donors (Lipinski definition) is 2. The molecule has 172 valence electrons. The van der Waals surface area contributed by atoms with E-state index in [2.05, 4.69) is 10.6 Å². The summed E-state index contributed by atoms with van der Waals surface area (Å²) < 4.78 is 45.1. The number of sulfonamides is 1. The molecule has 1 saturated heterocycles. The minimum atomic E-state index is -3.84. The molecule has 2 aromatic carbocycles. The number of amides is 2. The minimum absolute atomic E-state index is 0.00768. The van der Waals surface area contributed by atoms with Crippen LogP contribution in [0.2, 0.25) is 0 Å². The van der Waals surface area contributed by atoms with Crippen LogP contribution in [0.15, 0.2) is 53.4 Å². The average molecular weight is 464 g/mol. The zero-order valence-electron chi connectivity index (χ0n) is 17.7. The van der Waals surface area contributed by atoms with Crippen LogP contribution >= 0.6 is 0 Å². The van der Waals surface area contributed by atoms with E-state index in [0.29, 0.717) is 37.2 Å². The zero-order valence-corrected chi connectivity index (χ0v) is 18.5. The molecule has 1 atom stereocenters. The monoisotopic (exact) mass is 463 g/mol. The fourth-order valence-electron chi connectivity index (χ4n) is 3.52. The smallest absolute Gasteiger partial charge is 0.253 e. The first-order valence-corrected chi connectivity index (χ1v) is 11.7. The van der Waals surface area contributed by atoms with Crippen molar-refractivity contribution in [3.8, 4) is 0 Å². The van der Waals surface area contributed by atoms with Gasteiger partial charge < -0.3 is 15.4 Å². The molecule has 1 aliphatic rings. The highest BCUT2D eigenvalue weighted by atomic mass is 32.2. The molecule has 1 fully saturated rings. The Balaban J connectivity index is 1.70. The van der Waals surface area contributed by atoms with E-state index in [9.17, 15) is 22.4 Å². The van der Waals surface area contributed by atoms with E-state index >= 15 is 0 Å². The maximum absolute atomic E-state index is 13.2. The van der Waals surface area contributed by atoms with Gasteiger partial charge in [-0.1, -0.05) is 12.1 Å². The Kier molecular flexibility index (Phi) is 7.94. The van der Waals surface area contributed by atoms with Gasteiger partial charge in [-0.3, -0.25) is 9.59 Å². The number of halogens is 1. The number of ether oxygens (including phenoxy) is 1. The van der Waals surface area contributed by atoms with E-state index in [1.807, 2.05) is 0 Å². The molecular weight excluding hydrogens is 437 g/mol. The predicted octanol–water partition coefficient (Wildman–Crippen LogP) is 2.24. The second kappa shape index (κ2) is 10.7. The molecule has 0 saturated carbocycles. The van der Waals surface area contributed by atoms with Crippen molar-refractivity contribution in [3.05, 3.63) is 59.9 Å². The fraction of sp³-hybridized carbons (Fsp3) is 0.364. The molecular formula is C22H26FN3O5S. The molecule has 2 N–H and O–H groups in total. The maximum Gasteiger partial charge on any atom is 0.253 e. The van der Waals surface area contributed by atoms with Gasteiger partial charge in [-0.2, -0.15) is 4.31 Å². The molecule has 10 heteroatoms. The Morgan fingerprint density at radius 3 is 2.59 bits per heavy atom. The number of methoxy groups -OCH3 is 1. The Labute approximate surface area is 186 Å². The SMILES string of the molecule is COCCNC(=O)c1ccccc1NC(=O)C1CCCN(S(=O)(=O)c2ccc(F)cc2)C1. The molecule has 0 radical (unpaired) electrons. The maximum atomic E-state index is 13.2.